The zero-order chi connectivity index (χ0) is 25.4. The molecule has 35 heavy (non-hydrogen) atoms. The summed E-state index contributed by atoms with van der Waals surface area (Å²) in [6, 6.07) is 11.1. The van der Waals surface area contributed by atoms with Crippen LogP contribution in [-0.2, 0) is 27.1 Å². The fourth-order valence-electron chi connectivity index (χ4n) is 4.04. The van der Waals surface area contributed by atoms with E-state index >= 15 is 0 Å². The third kappa shape index (κ3) is 6.57. The van der Waals surface area contributed by atoms with Crippen molar-refractivity contribution in [2.24, 2.45) is 11.8 Å². The lowest BCUT2D eigenvalue weighted by atomic mass is 9.85. The first-order valence-electron chi connectivity index (χ1n) is 11.4. The van der Waals surface area contributed by atoms with Crippen molar-refractivity contribution in [1.29, 1.82) is 0 Å². The van der Waals surface area contributed by atoms with Crippen molar-refractivity contribution in [3.63, 3.8) is 0 Å². The molecular formula is C26H33NO8. The van der Waals surface area contributed by atoms with Crippen molar-refractivity contribution in [1.82, 2.24) is 4.90 Å². The fraction of sp³-hybridized carbons (Fsp3) is 0.462. The summed E-state index contributed by atoms with van der Waals surface area (Å²) in [5.74, 6) is 1.52. The van der Waals surface area contributed by atoms with E-state index in [4.69, 9.17) is 28.4 Å². The predicted molar refractivity (Wildman–Crippen MR) is 128 cm³/mol. The Bertz CT molecular complexity index is 1020. The Morgan fingerprint density at radius 1 is 0.914 bits per heavy atom. The van der Waals surface area contributed by atoms with Gasteiger partial charge in [0, 0.05) is 26.6 Å². The molecule has 3 rings (SSSR count). The molecule has 0 bridgehead atoms. The molecule has 0 aliphatic carbocycles. The average molecular weight is 488 g/mol. The average Bonchev–Trinajstić information content (AvgIpc) is 3.21. The number of carbonyl (C=O) groups excluding carboxylic acids is 2. The van der Waals surface area contributed by atoms with Gasteiger partial charge in [-0.15, -0.1) is 0 Å². The van der Waals surface area contributed by atoms with Gasteiger partial charge in [0.05, 0.1) is 40.5 Å². The lowest BCUT2D eigenvalue weighted by molar-refractivity contribution is -0.141. The highest BCUT2D eigenvalue weighted by atomic mass is 16.6. The van der Waals surface area contributed by atoms with Crippen LogP contribution >= 0.6 is 0 Å². The van der Waals surface area contributed by atoms with Gasteiger partial charge in [0.15, 0.2) is 23.0 Å². The van der Waals surface area contributed by atoms with E-state index in [2.05, 4.69) is 0 Å². The van der Waals surface area contributed by atoms with E-state index in [1.165, 1.54) is 12.0 Å². The second-order valence-electron chi connectivity index (χ2n) is 8.36. The van der Waals surface area contributed by atoms with Gasteiger partial charge < -0.3 is 33.3 Å². The number of rotatable bonds is 11. The van der Waals surface area contributed by atoms with Gasteiger partial charge in [-0.3, -0.25) is 4.79 Å². The molecule has 9 heteroatoms. The Morgan fingerprint density at radius 2 is 1.51 bits per heavy atom. The van der Waals surface area contributed by atoms with Gasteiger partial charge in [0.1, 0.15) is 0 Å². The summed E-state index contributed by atoms with van der Waals surface area (Å²) in [7, 11) is 7.90. The van der Waals surface area contributed by atoms with E-state index in [1.807, 2.05) is 24.3 Å². The van der Waals surface area contributed by atoms with E-state index in [0.29, 0.717) is 55.6 Å². The van der Waals surface area contributed by atoms with Crippen LogP contribution in [0.2, 0.25) is 0 Å². The largest absolute Gasteiger partial charge is 0.493 e. The molecule has 2 aromatic carbocycles. The molecule has 0 N–H and O–H groups in total. The number of hydrogen-bond acceptors (Lipinski definition) is 8. The molecule has 2 atom stereocenters. The van der Waals surface area contributed by atoms with Crippen molar-refractivity contribution in [3.05, 3.63) is 47.5 Å². The standard InChI is InChI=1S/C26H33NO8/c1-27(10-11-30-2)26(29)35-22-9-7-18(15-24(22)33-5)13-20-19(16-34-25(20)28)12-17-6-8-21(31-3)23(14-17)32-4/h6-9,14-15,19-20H,10-13,16H2,1-5H3/t19-,20+/m0/s1. The highest BCUT2D eigenvalue weighted by Crippen LogP contribution is 2.35. The number of cyclic esters (lactones) is 1. The number of benzene rings is 2. The zero-order valence-corrected chi connectivity index (χ0v) is 20.9. The first kappa shape index (κ1) is 26.2. The van der Waals surface area contributed by atoms with Crippen LogP contribution < -0.4 is 18.9 Å². The molecule has 9 nitrogen and oxygen atoms in total. The summed E-state index contributed by atoms with van der Waals surface area (Å²) in [4.78, 5) is 26.3. The first-order chi connectivity index (χ1) is 16.9. The summed E-state index contributed by atoms with van der Waals surface area (Å²) >= 11 is 0. The van der Waals surface area contributed by atoms with Crippen LogP contribution in [0, 0.1) is 11.8 Å². The number of ether oxygens (including phenoxy) is 6. The molecule has 1 heterocycles. The van der Waals surface area contributed by atoms with Crippen molar-refractivity contribution < 1.29 is 38.0 Å². The Morgan fingerprint density at radius 3 is 2.14 bits per heavy atom. The number of hydrogen-bond donors (Lipinski definition) is 0. The minimum Gasteiger partial charge on any atom is -0.493 e. The van der Waals surface area contributed by atoms with Gasteiger partial charge in [-0.1, -0.05) is 12.1 Å². The maximum absolute atomic E-state index is 12.5. The third-order valence-corrected chi connectivity index (χ3v) is 6.08. The van der Waals surface area contributed by atoms with Gasteiger partial charge in [-0.05, 0) is 48.2 Å². The number of likely N-dealkylation sites (N-methyl/N-ethyl adjacent to an activating group) is 1. The Hall–Kier alpha value is -3.46. The predicted octanol–water partition coefficient (Wildman–Crippen LogP) is 3.36. The zero-order valence-electron chi connectivity index (χ0n) is 20.9. The van der Waals surface area contributed by atoms with Gasteiger partial charge in [-0.2, -0.15) is 0 Å². The Labute approximate surface area is 205 Å². The van der Waals surface area contributed by atoms with E-state index in [1.54, 1.807) is 40.5 Å². The molecule has 1 amide bonds. The smallest absolute Gasteiger partial charge is 0.415 e. The molecule has 2 aromatic rings. The normalized spacial score (nSPS) is 17.0. The van der Waals surface area contributed by atoms with Crippen LogP contribution in [0.4, 0.5) is 4.79 Å². The van der Waals surface area contributed by atoms with E-state index in [9.17, 15) is 9.59 Å². The van der Waals surface area contributed by atoms with Gasteiger partial charge >= 0.3 is 12.1 Å². The number of nitrogens with zero attached hydrogens (tertiary/aromatic N) is 1. The molecule has 1 fully saturated rings. The molecule has 1 aliphatic rings. The maximum Gasteiger partial charge on any atom is 0.415 e. The summed E-state index contributed by atoms with van der Waals surface area (Å²) in [6.07, 6.45) is 0.634. The fourth-order valence-corrected chi connectivity index (χ4v) is 4.04. The number of esters is 1. The summed E-state index contributed by atoms with van der Waals surface area (Å²) in [5.41, 5.74) is 1.92. The van der Waals surface area contributed by atoms with E-state index < -0.39 is 6.09 Å². The summed E-state index contributed by atoms with van der Waals surface area (Å²) < 4.78 is 32.0. The van der Waals surface area contributed by atoms with E-state index in [-0.39, 0.29) is 17.8 Å². The van der Waals surface area contributed by atoms with Crippen LogP contribution in [-0.4, -0.2) is 72.2 Å². The van der Waals surface area contributed by atoms with Crippen LogP contribution in [0.25, 0.3) is 0 Å². The van der Waals surface area contributed by atoms with Gasteiger partial charge in [-0.25, -0.2) is 4.79 Å². The summed E-state index contributed by atoms with van der Waals surface area (Å²) in [5, 5.41) is 0. The molecule has 1 saturated heterocycles. The summed E-state index contributed by atoms with van der Waals surface area (Å²) in [6.45, 7) is 1.17. The van der Waals surface area contributed by atoms with Crippen LogP contribution in [0.1, 0.15) is 11.1 Å². The molecule has 0 aromatic heterocycles. The minimum absolute atomic E-state index is 0.0125. The number of carbonyl (C=O) groups is 2. The molecular weight excluding hydrogens is 454 g/mol. The van der Waals surface area contributed by atoms with Crippen LogP contribution in [0.15, 0.2) is 36.4 Å². The lowest BCUT2D eigenvalue weighted by Gasteiger charge is -2.19. The third-order valence-electron chi connectivity index (χ3n) is 6.08. The molecule has 0 spiro atoms. The molecule has 190 valence electrons. The van der Waals surface area contributed by atoms with Crippen molar-refractivity contribution in [2.75, 3.05) is 55.2 Å². The first-order valence-corrected chi connectivity index (χ1v) is 11.4. The number of methoxy groups -OCH3 is 4. The second-order valence-corrected chi connectivity index (χ2v) is 8.36. The van der Waals surface area contributed by atoms with E-state index in [0.717, 1.165) is 11.1 Å². The monoisotopic (exact) mass is 487 g/mol. The maximum atomic E-state index is 12.5. The Balaban J connectivity index is 1.70. The lowest BCUT2D eigenvalue weighted by Crippen LogP contribution is -2.32. The molecule has 0 radical (unpaired) electrons. The topological polar surface area (TPSA) is 92.8 Å². The van der Waals surface area contributed by atoms with Crippen molar-refractivity contribution >= 4 is 12.1 Å². The molecule has 1 aliphatic heterocycles. The quantitative estimate of drug-likeness (QED) is 0.446. The van der Waals surface area contributed by atoms with Gasteiger partial charge in [0.25, 0.3) is 0 Å². The van der Waals surface area contributed by atoms with Gasteiger partial charge in [0.2, 0.25) is 0 Å². The highest BCUT2D eigenvalue weighted by molar-refractivity contribution is 5.75. The van der Waals surface area contributed by atoms with Crippen molar-refractivity contribution in [2.45, 2.75) is 12.8 Å². The van der Waals surface area contributed by atoms with Crippen LogP contribution in [0.5, 0.6) is 23.0 Å². The highest BCUT2D eigenvalue weighted by Gasteiger charge is 2.37. The minimum atomic E-state index is -0.512. The molecule has 0 unspecified atom stereocenters. The number of amides is 1. The SMILES string of the molecule is COCCN(C)C(=O)Oc1ccc(C[C@H]2C(=O)OC[C@@H]2Cc2ccc(OC)c(OC)c2)cc1OC. The van der Waals surface area contributed by atoms with Crippen LogP contribution in [0.3, 0.4) is 0 Å². The second kappa shape index (κ2) is 12.3. The van der Waals surface area contributed by atoms with Crippen molar-refractivity contribution in [3.8, 4) is 23.0 Å². The Kier molecular flexibility index (Phi) is 9.19. The molecule has 0 saturated carbocycles.